The van der Waals surface area contributed by atoms with Crippen molar-refractivity contribution >= 4 is 29.0 Å². The number of thioether (sulfide) groups is 1. The summed E-state index contributed by atoms with van der Waals surface area (Å²) in [6.45, 7) is 0. The van der Waals surface area contributed by atoms with Crippen LogP contribution in [0.3, 0.4) is 0 Å². The molecule has 6 nitrogen and oxygen atoms in total. The highest BCUT2D eigenvalue weighted by Crippen LogP contribution is 2.31. The summed E-state index contributed by atoms with van der Waals surface area (Å²) in [5.74, 6) is 0.269. The number of hydrogen-bond donors (Lipinski definition) is 1. The van der Waals surface area contributed by atoms with Gasteiger partial charge in [0.15, 0.2) is 0 Å². The molecule has 0 saturated carbocycles. The highest BCUT2D eigenvalue weighted by Gasteiger charge is 2.20. The SMILES string of the molecule is O=C(CSc1nnc(-c2ccccc2O)o1)N(c1ccccc1)c1ccccc1. The van der Waals surface area contributed by atoms with Gasteiger partial charge >= 0.3 is 0 Å². The lowest BCUT2D eigenvalue weighted by molar-refractivity contribution is -0.115. The van der Waals surface area contributed by atoms with Gasteiger partial charge in [0.2, 0.25) is 5.91 Å². The summed E-state index contributed by atoms with van der Waals surface area (Å²) < 4.78 is 5.60. The molecule has 0 aliphatic rings. The van der Waals surface area contributed by atoms with E-state index in [0.717, 1.165) is 23.1 Å². The molecule has 1 heterocycles. The van der Waals surface area contributed by atoms with Crippen LogP contribution in [0.2, 0.25) is 0 Å². The molecular weight excluding hydrogens is 386 g/mol. The molecule has 0 radical (unpaired) electrons. The molecule has 0 aliphatic carbocycles. The summed E-state index contributed by atoms with van der Waals surface area (Å²) in [7, 11) is 0. The van der Waals surface area contributed by atoms with Gasteiger partial charge in [-0.15, -0.1) is 10.2 Å². The van der Waals surface area contributed by atoms with Crippen LogP contribution >= 0.6 is 11.8 Å². The Kier molecular flexibility index (Phi) is 5.58. The van der Waals surface area contributed by atoms with E-state index in [-0.39, 0.29) is 28.5 Å². The van der Waals surface area contributed by atoms with Crippen LogP contribution in [0, 0.1) is 0 Å². The van der Waals surface area contributed by atoms with Gasteiger partial charge in [-0.05, 0) is 36.4 Å². The van der Waals surface area contributed by atoms with Gasteiger partial charge in [0, 0.05) is 11.4 Å². The normalized spacial score (nSPS) is 10.6. The second-order valence-corrected chi connectivity index (χ2v) is 7.01. The van der Waals surface area contributed by atoms with Crippen LogP contribution < -0.4 is 4.90 Å². The van der Waals surface area contributed by atoms with E-state index in [1.54, 1.807) is 29.2 Å². The summed E-state index contributed by atoms with van der Waals surface area (Å²) >= 11 is 1.15. The van der Waals surface area contributed by atoms with Crippen molar-refractivity contribution in [1.82, 2.24) is 10.2 Å². The first-order chi connectivity index (χ1) is 14.2. The number of anilines is 2. The van der Waals surface area contributed by atoms with E-state index in [1.165, 1.54) is 0 Å². The molecule has 0 saturated heterocycles. The van der Waals surface area contributed by atoms with Gasteiger partial charge in [-0.3, -0.25) is 9.69 Å². The molecule has 7 heteroatoms. The Morgan fingerprint density at radius 2 is 1.45 bits per heavy atom. The highest BCUT2D eigenvalue weighted by molar-refractivity contribution is 7.99. The summed E-state index contributed by atoms with van der Waals surface area (Å²) in [6.07, 6.45) is 0. The first-order valence-corrected chi connectivity index (χ1v) is 9.88. The zero-order valence-electron chi connectivity index (χ0n) is 15.3. The molecule has 4 aromatic rings. The van der Waals surface area contributed by atoms with Crippen molar-refractivity contribution in [2.75, 3.05) is 10.7 Å². The van der Waals surface area contributed by atoms with Crippen LogP contribution in [0.1, 0.15) is 0 Å². The highest BCUT2D eigenvalue weighted by atomic mass is 32.2. The predicted octanol–water partition coefficient (Wildman–Crippen LogP) is 4.90. The minimum Gasteiger partial charge on any atom is -0.507 e. The molecule has 4 rings (SSSR count). The molecule has 0 spiro atoms. The molecular formula is C22H17N3O3S. The maximum atomic E-state index is 13.0. The van der Waals surface area contributed by atoms with E-state index in [4.69, 9.17) is 4.42 Å². The van der Waals surface area contributed by atoms with E-state index in [9.17, 15) is 9.90 Å². The molecule has 1 amide bonds. The average molecular weight is 403 g/mol. The fourth-order valence-corrected chi connectivity index (χ4v) is 3.42. The van der Waals surface area contributed by atoms with Crippen molar-refractivity contribution in [3.8, 4) is 17.2 Å². The Morgan fingerprint density at radius 1 is 0.862 bits per heavy atom. The number of amides is 1. The van der Waals surface area contributed by atoms with Crippen molar-refractivity contribution in [2.24, 2.45) is 0 Å². The molecule has 0 fully saturated rings. The maximum Gasteiger partial charge on any atom is 0.277 e. The Labute approximate surface area is 171 Å². The second kappa shape index (κ2) is 8.62. The molecule has 1 N–H and O–H groups in total. The van der Waals surface area contributed by atoms with Gasteiger partial charge in [0.25, 0.3) is 11.1 Å². The van der Waals surface area contributed by atoms with Crippen LogP contribution in [-0.4, -0.2) is 27.0 Å². The van der Waals surface area contributed by atoms with Crippen LogP contribution in [0.15, 0.2) is 94.6 Å². The number of benzene rings is 3. The standard InChI is InChI=1S/C22H17N3O3S/c26-19-14-8-7-13-18(19)21-23-24-22(28-21)29-15-20(27)25(16-9-3-1-4-10-16)17-11-5-2-6-12-17/h1-14,26H,15H2. The smallest absolute Gasteiger partial charge is 0.277 e. The Hall–Kier alpha value is -3.58. The third kappa shape index (κ3) is 4.30. The molecule has 0 aliphatic heterocycles. The maximum absolute atomic E-state index is 13.0. The number of carbonyl (C=O) groups excluding carboxylic acids is 1. The summed E-state index contributed by atoms with van der Waals surface area (Å²) in [4.78, 5) is 14.7. The zero-order chi connectivity index (χ0) is 20.1. The number of phenolic OH excluding ortho intramolecular Hbond substituents is 1. The van der Waals surface area contributed by atoms with Crippen LogP contribution in [-0.2, 0) is 4.79 Å². The lowest BCUT2D eigenvalue weighted by Crippen LogP contribution is -2.27. The monoisotopic (exact) mass is 403 g/mol. The lowest BCUT2D eigenvalue weighted by atomic mass is 10.2. The number of carbonyl (C=O) groups is 1. The van der Waals surface area contributed by atoms with E-state index in [1.807, 2.05) is 60.7 Å². The molecule has 0 atom stereocenters. The fraction of sp³-hybridized carbons (Fsp3) is 0.0455. The second-order valence-electron chi connectivity index (χ2n) is 6.08. The van der Waals surface area contributed by atoms with Gasteiger partial charge < -0.3 is 9.52 Å². The van der Waals surface area contributed by atoms with E-state index in [0.29, 0.717) is 5.56 Å². The largest absolute Gasteiger partial charge is 0.507 e. The van der Waals surface area contributed by atoms with Crippen molar-refractivity contribution < 1.29 is 14.3 Å². The predicted molar refractivity (Wildman–Crippen MR) is 112 cm³/mol. The number of aromatic nitrogens is 2. The van der Waals surface area contributed by atoms with Crippen LogP contribution in [0.4, 0.5) is 11.4 Å². The Bertz CT molecular complexity index is 1060. The van der Waals surface area contributed by atoms with Gasteiger partial charge in [0.05, 0.1) is 11.3 Å². The van der Waals surface area contributed by atoms with Crippen molar-refractivity contribution in [1.29, 1.82) is 0 Å². The summed E-state index contributed by atoms with van der Waals surface area (Å²) in [5, 5.41) is 18.1. The van der Waals surface area contributed by atoms with E-state index in [2.05, 4.69) is 10.2 Å². The summed E-state index contributed by atoms with van der Waals surface area (Å²) in [6, 6.07) is 25.7. The van der Waals surface area contributed by atoms with Crippen molar-refractivity contribution in [2.45, 2.75) is 5.22 Å². The minimum absolute atomic E-state index is 0.0584. The topological polar surface area (TPSA) is 79.5 Å². The molecule has 3 aromatic carbocycles. The Morgan fingerprint density at radius 3 is 2.07 bits per heavy atom. The molecule has 1 aromatic heterocycles. The lowest BCUT2D eigenvalue weighted by Gasteiger charge is -2.22. The van der Waals surface area contributed by atoms with Gasteiger partial charge in [0.1, 0.15) is 5.75 Å². The summed E-state index contributed by atoms with van der Waals surface area (Å²) in [5.41, 5.74) is 2.02. The van der Waals surface area contributed by atoms with Crippen molar-refractivity contribution in [3.05, 3.63) is 84.9 Å². The molecule has 0 unspecified atom stereocenters. The Balaban J connectivity index is 1.51. The molecule has 0 bridgehead atoms. The fourth-order valence-electron chi connectivity index (χ4n) is 2.81. The van der Waals surface area contributed by atoms with Gasteiger partial charge in [-0.1, -0.05) is 60.3 Å². The van der Waals surface area contributed by atoms with Gasteiger partial charge in [-0.25, -0.2) is 0 Å². The third-order valence-corrected chi connectivity index (χ3v) is 4.94. The number of aromatic hydroxyl groups is 1. The average Bonchev–Trinajstić information content (AvgIpc) is 3.23. The van der Waals surface area contributed by atoms with Gasteiger partial charge in [-0.2, -0.15) is 0 Å². The number of rotatable bonds is 6. The zero-order valence-corrected chi connectivity index (χ0v) is 16.1. The van der Waals surface area contributed by atoms with Crippen LogP contribution in [0.25, 0.3) is 11.5 Å². The van der Waals surface area contributed by atoms with E-state index >= 15 is 0 Å². The van der Waals surface area contributed by atoms with E-state index < -0.39 is 0 Å². The molecule has 29 heavy (non-hydrogen) atoms. The number of nitrogens with zero attached hydrogens (tertiary/aromatic N) is 3. The number of phenols is 1. The first kappa shape index (κ1) is 18.8. The third-order valence-electron chi connectivity index (χ3n) is 4.14. The van der Waals surface area contributed by atoms with Crippen molar-refractivity contribution in [3.63, 3.8) is 0 Å². The first-order valence-electron chi connectivity index (χ1n) is 8.90. The minimum atomic E-state index is -0.116. The number of hydrogen-bond acceptors (Lipinski definition) is 6. The molecule has 144 valence electrons. The quantitative estimate of drug-likeness (QED) is 0.461. The number of para-hydroxylation sites is 3. The van der Waals surface area contributed by atoms with Crippen LogP contribution in [0.5, 0.6) is 5.75 Å².